The van der Waals surface area contributed by atoms with Gasteiger partial charge in [0, 0.05) is 18.7 Å². The maximum absolute atomic E-state index is 11.9. The van der Waals surface area contributed by atoms with Gasteiger partial charge >= 0.3 is 5.97 Å². The van der Waals surface area contributed by atoms with Gasteiger partial charge < -0.3 is 9.74 Å². The van der Waals surface area contributed by atoms with Crippen LogP contribution in [0.4, 0.5) is 0 Å². The molecule has 0 saturated carbocycles. The molecule has 1 heterocycles. The first kappa shape index (κ1) is 11.6. The molecule has 0 radical (unpaired) electrons. The molecule has 1 aromatic carbocycles. The highest BCUT2D eigenvalue weighted by molar-refractivity contribution is 5.98. The van der Waals surface area contributed by atoms with Crippen molar-refractivity contribution in [1.82, 2.24) is 10.5 Å². The van der Waals surface area contributed by atoms with Gasteiger partial charge in [0.1, 0.15) is 0 Å². The van der Waals surface area contributed by atoms with E-state index in [1.54, 1.807) is 11.0 Å². The van der Waals surface area contributed by atoms with Crippen molar-refractivity contribution >= 4 is 11.9 Å². The molecule has 90 valence electrons. The monoisotopic (exact) mass is 235 g/mol. The number of carbonyl (C=O) groups is 2. The van der Waals surface area contributed by atoms with Crippen molar-refractivity contribution in [2.75, 3.05) is 6.54 Å². The van der Waals surface area contributed by atoms with Gasteiger partial charge in [-0.25, -0.2) is 5.84 Å². The first-order valence-electron chi connectivity index (χ1n) is 5.25. The summed E-state index contributed by atoms with van der Waals surface area (Å²) >= 11 is 0. The Hall–Kier alpha value is -1.92. The fraction of sp³-hybridized carbons (Fsp3) is 0.273. The van der Waals surface area contributed by atoms with Crippen LogP contribution in [0, 0.1) is 0 Å². The van der Waals surface area contributed by atoms with Crippen LogP contribution in [-0.4, -0.2) is 23.3 Å². The lowest BCUT2D eigenvalue weighted by Crippen LogP contribution is -2.30. The predicted octanol–water partition coefficient (Wildman–Crippen LogP) is -0.0460. The van der Waals surface area contributed by atoms with Gasteiger partial charge in [-0.1, -0.05) is 23.8 Å². The number of hydrogen-bond acceptors (Lipinski definition) is 5. The van der Waals surface area contributed by atoms with Gasteiger partial charge in [-0.3, -0.25) is 9.59 Å². The summed E-state index contributed by atoms with van der Waals surface area (Å²) < 4.78 is 0. The number of rotatable bonds is 4. The van der Waals surface area contributed by atoms with Gasteiger partial charge in [0.05, 0.1) is 6.42 Å². The number of fused-ring (bicyclic) bond motifs is 1. The summed E-state index contributed by atoms with van der Waals surface area (Å²) in [5, 5.41) is 0. The zero-order valence-corrected chi connectivity index (χ0v) is 9.18. The van der Waals surface area contributed by atoms with Crippen molar-refractivity contribution < 1.29 is 14.4 Å². The lowest BCUT2D eigenvalue weighted by atomic mass is 10.1. The van der Waals surface area contributed by atoms with Gasteiger partial charge in [0.15, 0.2) is 0 Å². The van der Waals surface area contributed by atoms with E-state index in [1.165, 1.54) is 0 Å². The highest BCUT2D eigenvalue weighted by atomic mass is 16.7. The predicted molar refractivity (Wildman–Crippen MR) is 59.2 cm³/mol. The molecule has 0 aliphatic carbocycles. The molecule has 0 aromatic heterocycles. The second-order valence-electron chi connectivity index (χ2n) is 3.73. The summed E-state index contributed by atoms with van der Waals surface area (Å²) in [6, 6.07) is 7.42. The minimum absolute atomic E-state index is 0.0471. The summed E-state index contributed by atoms with van der Waals surface area (Å²) in [5.74, 6) is 4.30. The van der Waals surface area contributed by atoms with Crippen LogP contribution >= 0.6 is 0 Å². The number of carbonyl (C=O) groups excluding carboxylic acids is 2. The first-order valence-corrected chi connectivity index (χ1v) is 5.25. The Bertz CT molecular complexity index is 447. The Morgan fingerprint density at radius 1 is 1.47 bits per heavy atom. The van der Waals surface area contributed by atoms with Crippen LogP contribution in [0.3, 0.4) is 0 Å². The van der Waals surface area contributed by atoms with E-state index in [9.17, 15) is 9.59 Å². The number of hydrazine groups is 1. The summed E-state index contributed by atoms with van der Waals surface area (Å²) in [7, 11) is 0. The Morgan fingerprint density at radius 3 is 2.94 bits per heavy atom. The summed E-state index contributed by atoms with van der Waals surface area (Å²) in [5.41, 5.74) is 3.51. The fourth-order valence-corrected chi connectivity index (χ4v) is 1.84. The summed E-state index contributed by atoms with van der Waals surface area (Å²) in [6.07, 6.45) is 0.115. The average Bonchev–Trinajstić information content (AvgIpc) is 2.65. The SMILES string of the molecule is NNOC(=O)CCN1Cc2ccccc2C1=O. The van der Waals surface area contributed by atoms with Gasteiger partial charge in [-0.05, 0) is 11.6 Å². The van der Waals surface area contributed by atoms with Crippen LogP contribution in [-0.2, 0) is 16.2 Å². The third-order valence-corrected chi connectivity index (χ3v) is 2.65. The molecular weight excluding hydrogens is 222 g/mol. The number of amides is 1. The first-order chi connectivity index (χ1) is 8.22. The molecule has 2 rings (SSSR count). The van der Waals surface area contributed by atoms with E-state index < -0.39 is 5.97 Å². The van der Waals surface area contributed by atoms with Gasteiger partial charge in [-0.2, -0.15) is 0 Å². The van der Waals surface area contributed by atoms with E-state index in [0.29, 0.717) is 18.7 Å². The average molecular weight is 235 g/mol. The Kier molecular flexibility index (Phi) is 3.36. The standard InChI is InChI=1S/C11H13N3O3/c12-13-17-10(15)5-6-14-7-8-3-1-2-4-9(8)11(14)16/h1-4,13H,5-7,12H2. The van der Waals surface area contributed by atoms with Crippen molar-refractivity contribution in [3.8, 4) is 0 Å². The van der Waals surface area contributed by atoms with E-state index in [0.717, 1.165) is 5.56 Å². The zero-order chi connectivity index (χ0) is 12.3. The van der Waals surface area contributed by atoms with Crippen LogP contribution in [0.2, 0.25) is 0 Å². The van der Waals surface area contributed by atoms with Crippen LogP contribution in [0.25, 0.3) is 0 Å². The van der Waals surface area contributed by atoms with Gasteiger partial charge in [0.25, 0.3) is 5.91 Å². The molecular formula is C11H13N3O3. The van der Waals surface area contributed by atoms with Crippen molar-refractivity contribution in [2.45, 2.75) is 13.0 Å². The highest BCUT2D eigenvalue weighted by Gasteiger charge is 2.26. The van der Waals surface area contributed by atoms with Crippen LogP contribution in [0.1, 0.15) is 22.3 Å². The summed E-state index contributed by atoms with van der Waals surface area (Å²) in [4.78, 5) is 29.0. The highest BCUT2D eigenvalue weighted by Crippen LogP contribution is 2.22. The van der Waals surface area contributed by atoms with Crippen molar-refractivity contribution in [1.29, 1.82) is 0 Å². The normalized spacial score (nSPS) is 13.7. The molecule has 0 saturated heterocycles. The smallest absolute Gasteiger partial charge is 0.328 e. The molecule has 1 aliphatic rings. The van der Waals surface area contributed by atoms with Crippen LogP contribution in [0.15, 0.2) is 24.3 Å². The van der Waals surface area contributed by atoms with Crippen LogP contribution in [0.5, 0.6) is 0 Å². The maximum atomic E-state index is 11.9. The quantitative estimate of drug-likeness (QED) is 0.564. The molecule has 1 aromatic rings. The molecule has 3 N–H and O–H groups in total. The van der Waals surface area contributed by atoms with E-state index in [1.807, 2.05) is 23.8 Å². The molecule has 0 bridgehead atoms. The molecule has 1 aliphatic heterocycles. The van der Waals surface area contributed by atoms with Gasteiger partial charge in [-0.15, -0.1) is 0 Å². The third-order valence-electron chi connectivity index (χ3n) is 2.65. The lowest BCUT2D eigenvalue weighted by Gasteiger charge is -2.14. The largest absolute Gasteiger partial charge is 0.356 e. The van der Waals surface area contributed by atoms with E-state index in [-0.39, 0.29) is 12.3 Å². The van der Waals surface area contributed by atoms with E-state index in [4.69, 9.17) is 5.84 Å². The molecule has 17 heavy (non-hydrogen) atoms. The number of benzene rings is 1. The minimum Gasteiger partial charge on any atom is -0.356 e. The maximum Gasteiger partial charge on any atom is 0.328 e. The second kappa shape index (κ2) is 4.94. The topological polar surface area (TPSA) is 84.7 Å². The van der Waals surface area contributed by atoms with Crippen molar-refractivity contribution in [2.24, 2.45) is 5.84 Å². The Balaban J connectivity index is 1.94. The Morgan fingerprint density at radius 2 is 2.24 bits per heavy atom. The van der Waals surface area contributed by atoms with Gasteiger partial charge in [0.2, 0.25) is 0 Å². The molecule has 1 amide bonds. The lowest BCUT2D eigenvalue weighted by molar-refractivity contribution is -0.151. The minimum atomic E-state index is -0.490. The molecule has 6 nitrogen and oxygen atoms in total. The summed E-state index contributed by atoms with van der Waals surface area (Å²) in [6.45, 7) is 0.867. The molecule has 0 fully saturated rings. The Labute approximate surface area is 98.3 Å². The van der Waals surface area contributed by atoms with E-state index >= 15 is 0 Å². The van der Waals surface area contributed by atoms with Crippen molar-refractivity contribution in [3.05, 3.63) is 35.4 Å². The molecule has 0 unspecified atom stereocenters. The number of hydrogen-bond donors (Lipinski definition) is 2. The number of nitrogens with two attached hydrogens (primary N) is 1. The van der Waals surface area contributed by atoms with Crippen molar-refractivity contribution in [3.63, 3.8) is 0 Å². The second-order valence-corrected chi connectivity index (χ2v) is 3.73. The molecule has 0 atom stereocenters. The third kappa shape index (κ3) is 2.43. The molecule has 0 spiro atoms. The van der Waals surface area contributed by atoms with E-state index in [2.05, 4.69) is 4.84 Å². The fourth-order valence-electron chi connectivity index (χ4n) is 1.84. The van der Waals surface area contributed by atoms with Crippen LogP contribution < -0.4 is 11.4 Å². The molecule has 6 heteroatoms. The zero-order valence-electron chi connectivity index (χ0n) is 9.18. The number of nitrogens with one attached hydrogen (secondary N) is 1. The number of nitrogens with zero attached hydrogens (tertiary/aromatic N) is 1.